The Morgan fingerprint density at radius 1 is 1.16 bits per heavy atom. The highest BCUT2D eigenvalue weighted by atomic mass is 79.9. The quantitative estimate of drug-likeness (QED) is 0.848. The van der Waals surface area contributed by atoms with E-state index in [1.54, 1.807) is 0 Å². The van der Waals surface area contributed by atoms with Crippen molar-refractivity contribution in [2.75, 3.05) is 0 Å². The molecule has 0 saturated carbocycles. The summed E-state index contributed by atoms with van der Waals surface area (Å²) in [6, 6.07) is 14.0. The molecule has 2 atom stereocenters. The van der Waals surface area contributed by atoms with Gasteiger partial charge >= 0.3 is 0 Å². The van der Waals surface area contributed by atoms with Crippen LogP contribution in [0.2, 0.25) is 0 Å². The van der Waals surface area contributed by atoms with Crippen LogP contribution in [0.25, 0.3) is 0 Å². The van der Waals surface area contributed by atoms with E-state index in [0.29, 0.717) is 6.42 Å². The van der Waals surface area contributed by atoms with Crippen molar-refractivity contribution in [3.63, 3.8) is 0 Å². The van der Waals surface area contributed by atoms with E-state index in [1.165, 1.54) is 5.56 Å². The van der Waals surface area contributed by atoms with Crippen molar-refractivity contribution >= 4 is 15.9 Å². The highest BCUT2D eigenvalue weighted by Crippen LogP contribution is 2.41. The lowest BCUT2D eigenvalue weighted by Crippen LogP contribution is -2.19. The fourth-order valence-electron chi connectivity index (χ4n) is 2.40. The summed E-state index contributed by atoms with van der Waals surface area (Å²) in [6.07, 6.45) is 0.0399. The van der Waals surface area contributed by atoms with Gasteiger partial charge in [0.1, 0.15) is 11.9 Å². The van der Waals surface area contributed by atoms with Gasteiger partial charge in [0.15, 0.2) is 0 Å². The van der Waals surface area contributed by atoms with Crippen LogP contribution in [0.5, 0.6) is 5.75 Å². The molecule has 1 N–H and O–H groups in total. The van der Waals surface area contributed by atoms with Crippen LogP contribution in [0.4, 0.5) is 0 Å². The minimum Gasteiger partial charge on any atom is -0.485 e. The molecule has 0 amide bonds. The number of halogens is 1. The zero-order valence-electron chi connectivity index (χ0n) is 10.6. The largest absolute Gasteiger partial charge is 0.485 e. The van der Waals surface area contributed by atoms with Gasteiger partial charge in [-0.2, -0.15) is 0 Å². The summed E-state index contributed by atoms with van der Waals surface area (Å²) >= 11 is 3.43. The van der Waals surface area contributed by atoms with E-state index in [4.69, 9.17) is 4.74 Å². The summed E-state index contributed by atoms with van der Waals surface area (Å²) in [4.78, 5) is 0. The van der Waals surface area contributed by atoms with Crippen molar-refractivity contribution in [1.82, 2.24) is 0 Å². The zero-order chi connectivity index (χ0) is 13.4. The van der Waals surface area contributed by atoms with Crippen LogP contribution in [0.15, 0.2) is 46.9 Å². The fourth-order valence-corrected chi connectivity index (χ4v) is 2.74. The first kappa shape index (κ1) is 12.7. The van der Waals surface area contributed by atoms with Gasteiger partial charge in [0.05, 0.1) is 6.10 Å². The molecule has 98 valence electrons. The third-order valence-electron chi connectivity index (χ3n) is 3.49. The Balaban J connectivity index is 1.93. The first-order chi connectivity index (χ1) is 9.13. The lowest BCUT2D eigenvalue weighted by molar-refractivity contribution is 0.0657. The summed E-state index contributed by atoms with van der Waals surface area (Å²) < 4.78 is 6.98. The standard InChI is InChI=1S/C16H15BrO2/c1-10-2-4-11(5-3-10)15-9-14(18)13-7-6-12(17)8-16(13)19-15/h2-8,14-15,18H,9H2,1H3/t14-,15?/m0/s1. The second kappa shape index (κ2) is 4.99. The van der Waals surface area contributed by atoms with E-state index in [2.05, 4.69) is 47.1 Å². The van der Waals surface area contributed by atoms with Crippen LogP contribution in [0.1, 0.15) is 35.3 Å². The number of ether oxygens (including phenoxy) is 1. The molecule has 3 heteroatoms. The molecule has 0 radical (unpaired) electrons. The van der Waals surface area contributed by atoms with Gasteiger partial charge in [-0.15, -0.1) is 0 Å². The van der Waals surface area contributed by atoms with Gasteiger partial charge in [0.25, 0.3) is 0 Å². The molecule has 0 spiro atoms. The monoisotopic (exact) mass is 318 g/mol. The van der Waals surface area contributed by atoms with Crippen LogP contribution in [0, 0.1) is 6.92 Å². The Morgan fingerprint density at radius 3 is 2.63 bits per heavy atom. The van der Waals surface area contributed by atoms with Crippen LogP contribution in [-0.2, 0) is 0 Å². The Labute approximate surface area is 121 Å². The lowest BCUT2D eigenvalue weighted by atomic mass is 9.95. The van der Waals surface area contributed by atoms with Crippen LogP contribution >= 0.6 is 15.9 Å². The predicted molar refractivity (Wildman–Crippen MR) is 78.3 cm³/mol. The molecular weight excluding hydrogens is 304 g/mol. The van der Waals surface area contributed by atoms with E-state index in [0.717, 1.165) is 21.3 Å². The summed E-state index contributed by atoms with van der Waals surface area (Å²) in [5.41, 5.74) is 3.20. The molecule has 0 fully saturated rings. The number of benzene rings is 2. The normalized spacial score (nSPS) is 21.6. The Morgan fingerprint density at radius 2 is 1.89 bits per heavy atom. The van der Waals surface area contributed by atoms with Gasteiger partial charge in [0.2, 0.25) is 0 Å². The molecule has 0 bridgehead atoms. The third-order valence-corrected chi connectivity index (χ3v) is 3.98. The number of aliphatic hydroxyl groups excluding tert-OH is 1. The van der Waals surface area contributed by atoms with E-state index in [1.807, 2.05) is 18.2 Å². The van der Waals surface area contributed by atoms with E-state index in [9.17, 15) is 5.11 Å². The van der Waals surface area contributed by atoms with Crippen molar-refractivity contribution in [1.29, 1.82) is 0 Å². The first-order valence-electron chi connectivity index (χ1n) is 6.34. The van der Waals surface area contributed by atoms with E-state index >= 15 is 0 Å². The minimum atomic E-state index is -0.469. The van der Waals surface area contributed by atoms with Gasteiger partial charge < -0.3 is 9.84 Å². The van der Waals surface area contributed by atoms with Crippen LogP contribution in [-0.4, -0.2) is 5.11 Å². The number of hydrogen-bond donors (Lipinski definition) is 1. The molecular formula is C16H15BrO2. The maximum atomic E-state index is 10.2. The zero-order valence-corrected chi connectivity index (χ0v) is 12.2. The van der Waals surface area contributed by atoms with E-state index in [-0.39, 0.29) is 6.10 Å². The fraction of sp³-hybridized carbons (Fsp3) is 0.250. The summed E-state index contributed by atoms with van der Waals surface area (Å²) in [5, 5.41) is 10.2. The predicted octanol–water partition coefficient (Wildman–Crippen LogP) is 4.31. The average Bonchev–Trinajstić information content (AvgIpc) is 2.38. The molecule has 1 unspecified atom stereocenters. The molecule has 1 heterocycles. The average molecular weight is 319 g/mol. The molecule has 2 aromatic carbocycles. The topological polar surface area (TPSA) is 29.5 Å². The van der Waals surface area contributed by atoms with Crippen molar-refractivity contribution < 1.29 is 9.84 Å². The van der Waals surface area contributed by atoms with Crippen LogP contribution < -0.4 is 4.74 Å². The number of aryl methyl sites for hydroxylation is 1. The maximum Gasteiger partial charge on any atom is 0.127 e. The minimum absolute atomic E-state index is 0.0857. The number of aliphatic hydroxyl groups is 1. The van der Waals surface area contributed by atoms with E-state index < -0.39 is 6.10 Å². The first-order valence-corrected chi connectivity index (χ1v) is 7.13. The van der Waals surface area contributed by atoms with Gasteiger partial charge in [-0.05, 0) is 24.6 Å². The van der Waals surface area contributed by atoms with Crippen molar-refractivity contribution in [2.45, 2.75) is 25.6 Å². The second-order valence-corrected chi connectivity index (χ2v) is 5.87. The smallest absolute Gasteiger partial charge is 0.127 e. The number of rotatable bonds is 1. The summed E-state index contributed by atoms with van der Waals surface area (Å²) in [7, 11) is 0. The molecule has 0 aromatic heterocycles. The molecule has 2 nitrogen and oxygen atoms in total. The molecule has 19 heavy (non-hydrogen) atoms. The second-order valence-electron chi connectivity index (χ2n) is 4.95. The lowest BCUT2D eigenvalue weighted by Gasteiger charge is -2.30. The number of fused-ring (bicyclic) bond motifs is 1. The summed E-state index contributed by atoms with van der Waals surface area (Å²) in [6.45, 7) is 2.06. The Bertz CT molecular complexity index is 592. The SMILES string of the molecule is Cc1ccc(C2C[C@H](O)c3ccc(Br)cc3O2)cc1. The highest BCUT2D eigenvalue weighted by Gasteiger charge is 2.27. The van der Waals surface area contributed by atoms with Crippen molar-refractivity contribution in [3.8, 4) is 5.75 Å². The van der Waals surface area contributed by atoms with Crippen LogP contribution in [0.3, 0.4) is 0 Å². The molecule has 0 saturated heterocycles. The third kappa shape index (κ3) is 2.53. The molecule has 1 aliphatic heterocycles. The molecule has 1 aliphatic rings. The highest BCUT2D eigenvalue weighted by molar-refractivity contribution is 9.10. The van der Waals surface area contributed by atoms with Crippen molar-refractivity contribution in [3.05, 3.63) is 63.6 Å². The van der Waals surface area contributed by atoms with Crippen molar-refractivity contribution in [2.24, 2.45) is 0 Å². The maximum absolute atomic E-state index is 10.2. The number of hydrogen-bond acceptors (Lipinski definition) is 2. The molecule has 2 aromatic rings. The van der Waals surface area contributed by atoms with Gasteiger partial charge in [0, 0.05) is 16.5 Å². The van der Waals surface area contributed by atoms with Gasteiger partial charge in [-0.3, -0.25) is 0 Å². The molecule has 0 aliphatic carbocycles. The Hall–Kier alpha value is -1.32. The summed E-state index contributed by atoms with van der Waals surface area (Å²) in [5.74, 6) is 0.763. The Kier molecular flexibility index (Phi) is 3.33. The van der Waals surface area contributed by atoms with Gasteiger partial charge in [-0.1, -0.05) is 51.8 Å². The molecule has 3 rings (SSSR count). The van der Waals surface area contributed by atoms with Gasteiger partial charge in [-0.25, -0.2) is 0 Å².